The van der Waals surface area contributed by atoms with Crippen LogP contribution in [-0.4, -0.2) is 35.7 Å². The van der Waals surface area contributed by atoms with E-state index in [9.17, 15) is 4.57 Å². The Hall–Kier alpha value is 0.130. The van der Waals surface area contributed by atoms with Crippen LogP contribution in [0.4, 0.5) is 0 Å². The second-order valence-electron chi connectivity index (χ2n) is 3.13. The molecule has 0 spiro atoms. The molecule has 82 valence electrons. The van der Waals surface area contributed by atoms with Crippen molar-refractivity contribution >= 4 is 20.7 Å². The van der Waals surface area contributed by atoms with E-state index >= 15 is 0 Å². The van der Waals surface area contributed by atoms with Crippen LogP contribution in [0.15, 0.2) is 4.99 Å². The highest BCUT2D eigenvalue weighted by Crippen LogP contribution is 2.60. The lowest BCUT2D eigenvalue weighted by atomic mass is 9.94. The van der Waals surface area contributed by atoms with E-state index in [4.69, 9.17) is 24.5 Å². The van der Waals surface area contributed by atoms with Gasteiger partial charge in [0.25, 0.3) is 0 Å². The van der Waals surface area contributed by atoms with Crippen LogP contribution in [0, 0.1) is 0 Å². The lowest BCUT2D eigenvalue weighted by molar-refractivity contribution is 0.346. The van der Waals surface area contributed by atoms with E-state index in [1.54, 1.807) is 0 Å². The van der Waals surface area contributed by atoms with Gasteiger partial charge in [-0.25, -0.2) is 9.56 Å². The Balaban J connectivity index is 2.93. The molecule has 1 fully saturated rings. The molecule has 1 aliphatic rings. The molecule has 0 aromatic heterocycles. The molecule has 0 saturated heterocycles. The van der Waals surface area contributed by atoms with Crippen molar-refractivity contribution in [1.82, 2.24) is 0 Å². The lowest BCUT2D eigenvalue weighted by Gasteiger charge is -2.21. The summed E-state index contributed by atoms with van der Waals surface area (Å²) in [7, 11) is -9.57. The summed E-state index contributed by atoms with van der Waals surface area (Å²) < 4.78 is 10.8. The summed E-state index contributed by atoms with van der Waals surface area (Å²) in [6.45, 7) is 0. The molecule has 14 heavy (non-hydrogen) atoms. The maximum Gasteiger partial charge on any atom is 0.469 e. The van der Waals surface area contributed by atoms with Crippen molar-refractivity contribution in [2.24, 2.45) is 4.99 Å². The maximum atomic E-state index is 10.8. The Bertz CT molecular complexity index is 287. The molecule has 0 amide bonds. The van der Waals surface area contributed by atoms with Crippen LogP contribution in [0.25, 0.3) is 0 Å². The zero-order valence-electron chi connectivity index (χ0n) is 7.18. The zero-order chi connectivity index (χ0) is 11.0. The molecule has 7 nitrogen and oxygen atoms in total. The molecule has 1 saturated carbocycles. The summed E-state index contributed by atoms with van der Waals surface area (Å²) in [5.41, 5.74) is 0. The van der Waals surface area contributed by atoms with Gasteiger partial charge in [0.1, 0.15) is 0 Å². The molecule has 1 aliphatic carbocycles. The smallest absolute Gasteiger partial charge is 0.317 e. The van der Waals surface area contributed by atoms with Crippen molar-refractivity contribution < 1.29 is 29.0 Å². The van der Waals surface area contributed by atoms with Crippen LogP contribution in [0.3, 0.4) is 0 Å². The number of nitrogens with zero attached hydrogens (tertiary/aromatic N) is 1. The summed E-state index contributed by atoms with van der Waals surface area (Å²) >= 11 is 0. The first-order valence-corrected chi connectivity index (χ1v) is 7.19. The minimum absolute atomic E-state index is 0.316. The molecule has 0 heterocycles. The van der Waals surface area contributed by atoms with E-state index in [1.165, 1.54) is 0 Å². The average molecular weight is 244 g/mol. The fraction of sp³-hybridized carbons (Fsp3) is 0.800. The predicted octanol–water partition coefficient (Wildman–Crippen LogP) is -0.188. The molecular formula is C5H12NO6P2+. The van der Waals surface area contributed by atoms with Gasteiger partial charge >= 0.3 is 20.7 Å². The first kappa shape index (κ1) is 12.2. The van der Waals surface area contributed by atoms with E-state index in [0.29, 0.717) is 12.8 Å². The Kier molecular flexibility index (Phi) is 3.44. The van der Waals surface area contributed by atoms with Gasteiger partial charge in [-0.05, 0) is 19.3 Å². The van der Waals surface area contributed by atoms with E-state index in [2.05, 4.69) is 4.99 Å². The highest BCUT2D eigenvalue weighted by molar-refractivity contribution is 8.00. The monoisotopic (exact) mass is 244 g/mol. The van der Waals surface area contributed by atoms with Gasteiger partial charge in [-0.2, -0.15) is 14.7 Å². The van der Waals surface area contributed by atoms with E-state index in [1.807, 2.05) is 0 Å². The van der Waals surface area contributed by atoms with Gasteiger partial charge in [0.05, 0.1) is 6.04 Å². The standard InChI is InChI=1S/C5H11NO6P2/c7-13(8,9)5(14(10,11)12)6-4-2-1-3-4/h4,7-9H,1-3H2,(H-,10,11,12)/p+1. The Labute approximate surface area is 80.9 Å². The molecular weight excluding hydrogens is 232 g/mol. The van der Waals surface area contributed by atoms with Crippen LogP contribution >= 0.6 is 15.5 Å². The fourth-order valence-electron chi connectivity index (χ4n) is 1.01. The summed E-state index contributed by atoms with van der Waals surface area (Å²) in [6.07, 6.45) is 2.17. The van der Waals surface area contributed by atoms with Gasteiger partial charge in [-0.3, -0.25) is 0 Å². The van der Waals surface area contributed by atoms with Crippen LogP contribution < -0.4 is 0 Å². The Morgan fingerprint density at radius 2 is 1.79 bits per heavy atom. The SMILES string of the molecule is O=P(O)(O)C(=NC1CCC1)[P+](O)(O)O. The van der Waals surface area contributed by atoms with Gasteiger partial charge in [0.2, 0.25) is 0 Å². The van der Waals surface area contributed by atoms with E-state index < -0.39 is 20.7 Å². The highest BCUT2D eigenvalue weighted by Gasteiger charge is 2.52. The number of hydrogen-bond acceptors (Lipinski definition) is 5. The molecule has 0 aliphatic heterocycles. The topological polar surface area (TPSA) is 131 Å². The van der Waals surface area contributed by atoms with Gasteiger partial charge < -0.3 is 9.79 Å². The summed E-state index contributed by atoms with van der Waals surface area (Å²) in [4.78, 5) is 47.2. The maximum absolute atomic E-state index is 10.8. The Morgan fingerprint density at radius 1 is 1.29 bits per heavy atom. The minimum atomic E-state index is -4.88. The zero-order valence-corrected chi connectivity index (χ0v) is 8.97. The highest BCUT2D eigenvalue weighted by atomic mass is 31.3. The normalized spacial score (nSPS) is 20.8. The van der Waals surface area contributed by atoms with Crippen LogP contribution in [0.1, 0.15) is 19.3 Å². The summed E-state index contributed by atoms with van der Waals surface area (Å²) in [5.74, 6) is 0. The molecule has 9 heteroatoms. The van der Waals surface area contributed by atoms with Crippen molar-refractivity contribution in [3.05, 3.63) is 0 Å². The van der Waals surface area contributed by atoms with Crippen LogP contribution in [0.5, 0.6) is 0 Å². The largest absolute Gasteiger partial charge is 0.469 e. The molecule has 0 radical (unpaired) electrons. The van der Waals surface area contributed by atoms with Gasteiger partial charge in [-0.1, -0.05) is 0 Å². The third-order valence-corrected chi connectivity index (χ3v) is 4.78. The van der Waals surface area contributed by atoms with E-state index in [0.717, 1.165) is 6.42 Å². The third-order valence-electron chi connectivity index (χ3n) is 1.90. The first-order valence-electron chi connectivity index (χ1n) is 3.93. The average Bonchev–Trinajstić information content (AvgIpc) is 1.76. The minimum Gasteiger partial charge on any atom is -0.317 e. The van der Waals surface area contributed by atoms with Crippen molar-refractivity contribution in [3.63, 3.8) is 0 Å². The van der Waals surface area contributed by atoms with Crippen LogP contribution in [0.2, 0.25) is 0 Å². The van der Waals surface area contributed by atoms with Crippen LogP contribution in [-0.2, 0) is 4.57 Å². The third kappa shape index (κ3) is 3.07. The molecule has 0 aromatic carbocycles. The summed E-state index contributed by atoms with van der Waals surface area (Å²) in [6, 6.07) is -0.316. The molecule has 5 N–H and O–H groups in total. The number of aliphatic imine (C=N–C) groups is 1. The molecule has 0 bridgehead atoms. The predicted molar refractivity (Wildman–Crippen MR) is 50.7 cm³/mol. The van der Waals surface area contributed by atoms with Crippen molar-refractivity contribution in [3.8, 4) is 0 Å². The number of hydrogen-bond donors (Lipinski definition) is 5. The summed E-state index contributed by atoms with van der Waals surface area (Å²) in [5, 5.41) is -1.17. The van der Waals surface area contributed by atoms with Gasteiger partial charge in [0.15, 0.2) is 0 Å². The first-order chi connectivity index (χ1) is 6.21. The van der Waals surface area contributed by atoms with Crippen molar-refractivity contribution in [2.75, 3.05) is 0 Å². The molecule has 0 unspecified atom stereocenters. The van der Waals surface area contributed by atoms with E-state index in [-0.39, 0.29) is 6.04 Å². The van der Waals surface area contributed by atoms with Gasteiger partial charge in [-0.15, -0.1) is 0 Å². The van der Waals surface area contributed by atoms with Gasteiger partial charge in [0, 0.05) is 0 Å². The quantitative estimate of drug-likeness (QED) is 0.345. The molecule has 1 rings (SSSR count). The number of rotatable bonds is 3. The second kappa shape index (κ2) is 3.94. The Morgan fingerprint density at radius 3 is 2.00 bits per heavy atom. The molecule has 0 atom stereocenters. The van der Waals surface area contributed by atoms with Crippen molar-refractivity contribution in [1.29, 1.82) is 0 Å². The fourth-order valence-corrected chi connectivity index (χ4v) is 3.04. The molecule has 0 aromatic rings. The second-order valence-corrected chi connectivity index (χ2v) is 6.55. The lowest BCUT2D eigenvalue weighted by Crippen LogP contribution is -2.18. The van der Waals surface area contributed by atoms with Crippen molar-refractivity contribution in [2.45, 2.75) is 25.3 Å².